The summed E-state index contributed by atoms with van der Waals surface area (Å²) in [6.45, 7) is 0.737. The molecular formula is C14H13N5. The Balaban J connectivity index is 1.74. The predicted molar refractivity (Wildman–Crippen MR) is 72.9 cm³/mol. The molecule has 5 nitrogen and oxygen atoms in total. The number of nitrogens with zero attached hydrogens (tertiary/aromatic N) is 4. The summed E-state index contributed by atoms with van der Waals surface area (Å²) in [6, 6.07) is 12.1. The van der Waals surface area contributed by atoms with Gasteiger partial charge in [0, 0.05) is 25.0 Å². The van der Waals surface area contributed by atoms with E-state index in [1.807, 2.05) is 35.0 Å². The second-order valence-corrected chi connectivity index (χ2v) is 4.07. The maximum Gasteiger partial charge on any atom is 0.143 e. The molecule has 0 bridgehead atoms. The lowest BCUT2D eigenvalue weighted by molar-refractivity contribution is 0.964. The number of nitrogens with one attached hydrogen (secondary N) is 1. The van der Waals surface area contributed by atoms with Gasteiger partial charge in [-0.15, -0.1) is 0 Å². The fourth-order valence-corrected chi connectivity index (χ4v) is 1.77. The van der Waals surface area contributed by atoms with Gasteiger partial charge < -0.3 is 5.32 Å². The zero-order valence-electron chi connectivity index (χ0n) is 10.3. The smallest absolute Gasteiger partial charge is 0.143 e. The first-order chi connectivity index (χ1) is 9.42. The van der Waals surface area contributed by atoms with Gasteiger partial charge in [0.2, 0.25) is 0 Å². The van der Waals surface area contributed by atoms with Crippen molar-refractivity contribution < 1.29 is 0 Å². The van der Waals surface area contributed by atoms with Gasteiger partial charge in [-0.25, -0.2) is 15.0 Å². The summed E-state index contributed by atoms with van der Waals surface area (Å²) in [5, 5.41) is 3.28. The van der Waals surface area contributed by atoms with Crippen molar-refractivity contribution in [3.63, 3.8) is 0 Å². The van der Waals surface area contributed by atoms with E-state index in [0.29, 0.717) is 0 Å². The van der Waals surface area contributed by atoms with E-state index in [2.05, 4.69) is 32.4 Å². The standard InChI is InChI=1S/C14H13N5/c1-2-4-12(5-3-1)9-16-13-8-14(18-10-17-13)19-7-6-15-11-19/h1-8,10-11H,9H2,(H,16,17,18). The van der Waals surface area contributed by atoms with Crippen LogP contribution in [0.4, 0.5) is 5.82 Å². The summed E-state index contributed by atoms with van der Waals surface area (Å²) < 4.78 is 1.84. The highest BCUT2D eigenvalue weighted by Gasteiger charge is 2.00. The zero-order valence-corrected chi connectivity index (χ0v) is 10.3. The number of anilines is 1. The molecule has 0 atom stereocenters. The molecule has 19 heavy (non-hydrogen) atoms. The molecule has 2 heterocycles. The van der Waals surface area contributed by atoms with Crippen LogP contribution in [0, 0.1) is 0 Å². The second-order valence-electron chi connectivity index (χ2n) is 4.07. The van der Waals surface area contributed by atoms with Crippen molar-refractivity contribution in [1.29, 1.82) is 0 Å². The lowest BCUT2D eigenvalue weighted by Gasteiger charge is -2.07. The Morgan fingerprint density at radius 3 is 2.79 bits per heavy atom. The van der Waals surface area contributed by atoms with Crippen LogP contribution in [0.3, 0.4) is 0 Å². The quantitative estimate of drug-likeness (QED) is 0.773. The topological polar surface area (TPSA) is 55.6 Å². The Hall–Kier alpha value is -2.69. The molecule has 0 saturated carbocycles. The minimum atomic E-state index is 0.737. The van der Waals surface area contributed by atoms with E-state index < -0.39 is 0 Å². The van der Waals surface area contributed by atoms with E-state index in [-0.39, 0.29) is 0 Å². The molecule has 0 fully saturated rings. The molecule has 0 aliphatic carbocycles. The monoisotopic (exact) mass is 251 g/mol. The molecule has 0 radical (unpaired) electrons. The minimum Gasteiger partial charge on any atom is -0.366 e. The highest BCUT2D eigenvalue weighted by Crippen LogP contribution is 2.10. The van der Waals surface area contributed by atoms with Crippen LogP contribution in [0.1, 0.15) is 5.56 Å². The highest BCUT2D eigenvalue weighted by atomic mass is 15.1. The number of rotatable bonds is 4. The van der Waals surface area contributed by atoms with E-state index in [4.69, 9.17) is 0 Å². The van der Waals surface area contributed by atoms with E-state index >= 15 is 0 Å². The first-order valence-electron chi connectivity index (χ1n) is 6.00. The molecular weight excluding hydrogens is 238 g/mol. The molecule has 0 aliphatic rings. The molecule has 2 aromatic heterocycles. The highest BCUT2D eigenvalue weighted by molar-refractivity contribution is 5.41. The molecule has 0 saturated heterocycles. The number of imidazole rings is 1. The average molecular weight is 251 g/mol. The van der Waals surface area contributed by atoms with Crippen molar-refractivity contribution in [3.05, 3.63) is 67.0 Å². The summed E-state index contributed by atoms with van der Waals surface area (Å²) in [5.41, 5.74) is 1.21. The van der Waals surface area contributed by atoms with Crippen LogP contribution in [0.15, 0.2) is 61.4 Å². The van der Waals surface area contributed by atoms with Crippen LogP contribution in [0.5, 0.6) is 0 Å². The molecule has 0 amide bonds. The van der Waals surface area contributed by atoms with Crippen LogP contribution in [-0.4, -0.2) is 19.5 Å². The molecule has 0 aliphatic heterocycles. The summed E-state index contributed by atoms with van der Waals surface area (Å²) >= 11 is 0. The number of hydrogen-bond donors (Lipinski definition) is 1. The minimum absolute atomic E-state index is 0.737. The normalized spacial score (nSPS) is 10.3. The maximum atomic E-state index is 4.21. The van der Waals surface area contributed by atoms with Gasteiger partial charge >= 0.3 is 0 Å². The van der Waals surface area contributed by atoms with Crippen molar-refractivity contribution >= 4 is 5.82 Å². The summed E-state index contributed by atoms with van der Waals surface area (Å²) in [7, 11) is 0. The van der Waals surface area contributed by atoms with Gasteiger partial charge in [-0.05, 0) is 5.56 Å². The summed E-state index contributed by atoms with van der Waals surface area (Å²) in [6.07, 6.45) is 6.83. The Bertz CT molecular complexity index is 634. The lowest BCUT2D eigenvalue weighted by Crippen LogP contribution is -2.03. The Morgan fingerprint density at radius 1 is 1.11 bits per heavy atom. The van der Waals surface area contributed by atoms with Gasteiger partial charge in [-0.1, -0.05) is 30.3 Å². The van der Waals surface area contributed by atoms with E-state index in [9.17, 15) is 0 Å². The van der Waals surface area contributed by atoms with E-state index in [1.54, 1.807) is 18.9 Å². The summed E-state index contributed by atoms with van der Waals surface area (Å²) in [4.78, 5) is 12.4. The fraction of sp³-hybridized carbons (Fsp3) is 0.0714. The third-order valence-corrected chi connectivity index (χ3v) is 2.74. The molecule has 1 N–H and O–H groups in total. The zero-order chi connectivity index (χ0) is 12.9. The van der Waals surface area contributed by atoms with Crippen LogP contribution >= 0.6 is 0 Å². The van der Waals surface area contributed by atoms with Crippen molar-refractivity contribution in [2.45, 2.75) is 6.54 Å². The van der Waals surface area contributed by atoms with Crippen LogP contribution in [-0.2, 0) is 6.54 Å². The Kier molecular flexibility index (Phi) is 3.18. The molecule has 5 heteroatoms. The largest absolute Gasteiger partial charge is 0.366 e. The molecule has 0 unspecified atom stereocenters. The lowest BCUT2D eigenvalue weighted by atomic mass is 10.2. The molecule has 94 valence electrons. The maximum absolute atomic E-state index is 4.21. The Labute approximate surface area is 111 Å². The second kappa shape index (κ2) is 5.30. The first kappa shape index (κ1) is 11.4. The third-order valence-electron chi connectivity index (χ3n) is 2.74. The number of benzene rings is 1. The van der Waals surface area contributed by atoms with Gasteiger partial charge in [-0.3, -0.25) is 4.57 Å². The van der Waals surface area contributed by atoms with Gasteiger partial charge in [0.1, 0.15) is 24.3 Å². The van der Waals surface area contributed by atoms with Crippen molar-refractivity contribution in [3.8, 4) is 5.82 Å². The fourth-order valence-electron chi connectivity index (χ4n) is 1.77. The Morgan fingerprint density at radius 2 is 2.00 bits per heavy atom. The number of hydrogen-bond acceptors (Lipinski definition) is 4. The van der Waals surface area contributed by atoms with Crippen LogP contribution in [0.25, 0.3) is 5.82 Å². The van der Waals surface area contributed by atoms with Gasteiger partial charge in [-0.2, -0.15) is 0 Å². The first-order valence-corrected chi connectivity index (χ1v) is 6.00. The molecule has 3 rings (SSSR count). The van der Waals surface area contributed by atoms with E-state index in [0.717, 1.165) is 18.2 Å². The van der Waals surface area contributed by atoms with Crippen molar-refractivity contribution in [2.24, 2.45) is 0 Å². The third kappa shape index (κ3) is 2.77. The molecule has 3 aromatic rings. The summed E-state index contributed by atoms with van der Waals surface area (Å²) in [5.74, 6) is 1.59. The van der Waals surface area contributed by atoms with Gasteiger partial charge in [0.05, 0.1) is 0 Å². The van der Waals surface area contributed by atoms with E-state index in [1.165, 1.54) is 5.56 Å². The average Bonchev–Trinajstić information content (AvgIpc) is 3.01. The van der Waals surface area contributed by atoms with Gasteiger partial charge in [0.15, 0.2) is 0 Å². The van der Waals surface area contributed by atoms with Crippen molar-refractivity contribution in [2.75, 3.05) is 5.32 Å². The SMILES string of the molecule is c1ccc(CNc2cc(-n3ccnc3)ncn2)cc1. The number of aromatic nitrogens is 4. The molecule has 0 spiro atoms. The van der Waals surface area contributed by atoms with Gasteiger partial charge in [0.25, 0.3) is 0 Å². The predicted octanol–water partition coefficient (Wildman–Crippen LogP) is 2.27. The molecule has 1 aromatic carbocycles. The van der Waals surface area contributed by atoms with Crippen LogP contribution in [0.2, 0.25) is 0 Å². The van der Waals surface area contributed by atoms with Crippen molar-refractivity contribution in [1.82, 2.24) is 19.5 Å². The van der Waals surface area contributed by atoms with Crippen LogP contribution < -0.4 is 5.32 Å².